The molecule has 0 amide bonds. The van der Waals surface area contributed by atoms with Crippen molar-refractivity contribution in [3.63, 3.8) is 0 Å². The van der Waals surface area contributed by atoms with E-state index in [1.807, 2.05) is 25.3 Å². The number of benzene rings is 1. The van der Waals surface area contributed by atoms with Crippen molar-refractivity contribution in [1.82, 2.24) is 19.6 Å². The molecule has 1 unspecified atom stereocenters. The maximum Gasteiger partial charge on any atom is 0.225 e. The first-order valence-electron chi connectivity index (χ1n) is 9.49. The second-order valence-electron chi connectivity index (χ2n) is 7.37. The van der Waals surface area contributed by atoms with Gasteiger partial charge in [0.2, 0.25) is 5.95 Å². The Morgan fingerprint density at radius 3 is 2.79 bits per heavy atom. The van der Waals surface area contributed by atoms with Crippen LogP contribution < -0.4 is 10.1 Å². The fourth-order valence-corrected chi connectivity index (χ4v) is 3.91. The van der Waals surface area contributed by atoms with Gasteiger partial charge in [0.1, 0.15) is 11.6 Å². The van der Waals surface area contributed by atoms with Gasteiger partial charge in [0, 0.05) is 17.8 Å². The first kappa shape index (κ1) is 17.6. The predicted octanol–water partition coefficient (Wildman–Crippen LogP) is 3.83. The number of halogens is 1. The normalized spacial score (nSPS) is 15.5. The van der Waals surface area contributed by atoms with Crippen molar-refractivity contribution < 1.29 is 9.13 Å². The molecule has 0 saturated carbocycles. The van der Waals surface area contributed by atoms with Crippen LogP contribution in [0.5, 0.6) is 5.75 Å². The van der Waals surface area contributed by atoms with E-state index in [1.165, 1.54) is 23.4 Å². The molecule has 0 fully saturated rings. The maximum absolute atomic E-state index is 13.7. The highest BCUT2D eigenvalue weighted by Crippen LogP contribution is 2.29. The Morgan fingerprint density at radius 2 is 1.97 bits per heavy atom. The summed E-state index contributed by atoms with van der Waals surface area (Å²) in [5, 5.41) is 8.01. The number of hydrogen-bond donors (Lipinski definition) is 1. The van der Waals surface area contributed by atoms with Gasteiger partial charge in [-0.25, -0.2) is 13.9 Å². The molecule has 29 heavy (non-hydrogen) atoms. The summed E-state index contributed by atoms with van der Waals surface area (Å²) < 4.78 is 20.8. The Balaban J connectivity index is 1.51. The van der Waals surface area contributed by atoms with Gasteiger partial charge in [-0.1, -0.05) is 6.07 Å². The smallest absolute Gasteiger partial charge is 0.225 e. The molecule has 146 valence electrons. The van der Waals surface area contributed by atoms with E-state index < -0.39 is 0 Å². The van der Waals surface area contributed by atoms with Crippen molar-refractivity contribution in [2.75, 3.05) is 12.4 Å². The second kappa shape index (κ2) is 6.84. The van der Waals surface area contributed by atoms with E-state index in [-0.39, 0.29) is 11.9 Å². The zero-order valence-electron chi connectivity index (χ0n) is 16.2. The van der Waals surface area contributed by atoms with E-state index in [4.69, 9.17) is 9.72 Å². The lowest BCUT2D eigenvalue weighted by Gasteiger charge is -2.15. The standard InChI is InChI=1S/C22H20FN5O/c1-13-10-25-28-21(13)9-20(16-5-17(23)12-24-11-16)27-22(28)26-18-6-14-3-4-19(29-2)8-15(14)7-18/h3-5,8-12,18H,6-7H2,1-2H3,(H,26,27). The Kier molecular flexibility index (Phi) is 4.16. The van der Waals surface area contributed by atoms with E-state index in [0.29, 0.717) is 17.2 Å². The highest BCUT2D eigenvalue weighted by atomic mass is 19.1. The van der Waals surface area contributed by atoms with Crippen LogP contribution in [-0.2, 0) is 12.8 Å². The number of aryl methyl sites for hydroxylation is 1. The molecule has 6 nitrogen and oxygen atoms in total. The number of ether oxygens (including phenoxy) is 1. The third kappa shape index (κ3) is 3.18. The molecule has 1 atom stereocenters. The lowest BCUT2D eigenvalue weighted by Crippen LogP contribution is -2.22. The molecule has 0 bridgehead atoms. The van der Waals surface area contributed by atoms with Gasteiger partial charge >= 0.3 is 0 Å². The number of fused-ring (bicyclic) bond motifs is 2. The molecule has 3 heterocycles. The monoisotopic (exact) mass is 389 g/mol. The number of methoxy groups -OCH3 is 1. The van der Waals surface area contributed by atoms with Crippen molar-refractivity contribution >= 4 is 11.5 Å². The van der Waals surface area contributed by atoms with Crippen molar-refractivity contribution in [3.05, 3.63) is 71.4 Å². The van der Waals surface area contributed by atoms with Crippen LogP contribution in [0.3, 0.4) is 0 Å². The fraction of sp³-hybridized carbons (Fsp3) is 0.227. The number of nitrogens with one attached hydrogen (secondary N) is 1. The van der Waals surface area contributed by atoms with E-state index in [2.05, 4.69) is 27.5 Å². The summed E-state index contributed by atoms with van der Waals surface area (Å²) in [6.45, 7) is 2.00. The summed E-state index contributed by atoms with van der Waals surface area (Å²) in [6, 6.07) is 9.75. The average Bonchev–Trinajstić information content (AvgIpc) is 3.30. The third-order valence-electron chi connectivity index (χ3n) is 5.38. The number of nitrogens with zero attached hydrogens (tertiary/aromatic N) is 4. The number of pyridine rings is 1. The number of anilines is 1. The quantitative estimate of drug-likeness (QED) is 0.575. The summed E-state index contributed by atoms with van der Waals surface area (Å²) >= 11 is 0. The van der Waals surface area contributed by atoms with Gasteiger partial charge in [0.25, 0.3) is 0 Å². The minimum atomic E-state index is -0.385. The molecule has 7 heteroatoms. The molecular weight excluding hydrogens is 369 g/mol. The number of aromatic nitrogens is 4. The molecule has 0 radical (unpaired) electrons. The molecule has 4 aromatic rings. The second-order valence-corrected chi connectivity index (χ2v) is 7.37. The SMILES string of the molecule is COc1ccc2c(c1)CC(Nc1nc(-c3cncc(F)c3)cc3c(C)cnn13)C2. The molecule has 0 spiro atoms. The van der Waals surface area contributed by atoms with Crippen LogP contribution in [0.2, 0.25) is 0 Å². The van der Waals surface area contributed by atoms with Crippen molar-refractivity contribution in [2.45, 2.75) is 25.8 Å². The van der Waals surface area contributed by atoms with E-state index in [0.717, 1.165) is 29.7 Å². The van der Waals surface area contributed by atoms with Gasteiger partial charge in [0.05, 0.1) is 30.7 Å². The summed E-state index contributed by atoms with van der Waals surface area (Å²) in [6.07, 6.45) is 6.39. The van der Waals surface area contributed by atoms with E-state index in [1.54, 1.807) is 17.8 Å². The molecule has 3 aromatic heterocycles. The van der Waals surface area contributed by atoms with Crippen LogP contribution in [0.15, 0.2) is 48.9 Å². The number of hydrogen-bond acceptors (Lipinski definition) is 5. The molecule has 0 saturated heterocycles. The summed E-state index contributed by atoms with van der Waals surface area (Å²) in [5.74, 6) is 1.12. The molecule has 1 aromatic carbocycles. The van der Waals surface area contributed by atoms with Crippen LogP contribution in [0, 0.1) is 12.7 Å². The molecule has 1 aliphatic carbocycles. The van der Waals surface area contributed by atoms with Gasteiger partial charge in [-0.3, -0.25) is 4.98 Å². The predicted molar refractivity (Wildman–Crippen MR) is 109 cm³/mol. The van der Waals surface area contributed by atoms with Crippen LogP contribution in [0.25, 0.3) is 16.8 Å². The topological polar surface area (TPSA) is 64.3 Å². The first-order chi connectivity index (χ1) is 14.1. The Morgan fingerprint density at radius 1 is 1.10 bits per heavy atom. The van der Waals surface area contributed by atoms with E-state index in [9.17, 15) is 4.39 Å². The van der Waals surface area contributed by atoms with Crippen LogP contribution >= 0.6 is 0 Å². The van der Waals surface area contributed by atoms with Gasteiger partial charge < -0.3 is 10.1 Å². The Hall–Kier alpha value is -3.48. The van der Waals surface area contributed by atoms with Crippen molar-refractivity contribution in [1.29, 1.82) is 0 Å². The largest absolute Gasteiger partial charge is 0.497 e. The summed E-state index contributed by atoms with van der Waals surface area (Å²) in [4.78, 5) is 8.70. The molecule has 0 aliphatic heterocycles. The Bertz CT molecular complexity index is 1220. The zero-order chi connectivity index (χ0) is 20.0. The molecule has 1 aliphatic rings. The minimum Gasteiger partial charge on any atom is -0.497 e. The van der Waals surface area contributed by atoms with Gasteiger partial charge in [0.15, 0.2) is 0 Å². The zero-order valence-corrected chi connectivity index (χ0v) is 16.2. The lowest BCUT2D eigenvalue weighted by molar-refractivity contribution is 0.414. The molecule has 1 N–H and O–H groups in total. The maximum atomic E-state index is 13.7. The van der Waals surface area contributed by atoms with Crippen LogP contribution in [0.4, 0.5) is 10.3 Å². The molecule has 5 rings (SSSR count). The first-order valence-corrected chi connectivity index (χ1v) is 9.49. The third-order valence-corrected chi connectivity index (χ3v) is 5.38. The Labute approximate surface area is 167 Å². The highest BCUT2D eigenvalue weighted by molar-refractivity contribution is 5.69. The minimum absolute atomic E-state index is 0.193. The lowest BCUT2D eigenvalue weighted by atomic mass is 10.1. The average molecular weight is 389 g/mol. The summed E-state index contributed by atoms with van der Waals surface area (Å²) in [5.41, 5.74) is 5.84. The van der Waals surface area contributed by atoms with E-state index >= 15 is 0 Å². The van der Waals surface area contributed by atoms with Gasteiger partial charge in [-0.2, -0.15) is 5.10 Å². The molecular formula is C22H20FN5O. The van der Waals surface area contributed by atoms with Gasteiger partial charge in [-0.05, 0) is 60.7 Å². The highest BCUT2D eigenvalue weighted by Gasteiger charge is 2.23. The van der Waals surface area contributed by atoms with Crippen molar-refractivity contribution in [2.24, 2.45) is 0 Å². The number of rotatable bonds is 4. The summed E-state index contributed by atoms with van der Waals surface area (Å²) in [7, 11) is 1.68. The van der Waals surface area contributed by atoms with Crippen LogP contribution in [0.1, 0.15) is 16.7 Å². The van der Waals surface area contributed by atoms with Gasteiger partial charge in [-0.15, -0.1) is 0 Å². The fourth-order valence-electron chi connectivity index (χ4n) is 3.91. The van der Waals surface area contributed by atoms with Crippen molar-refractivity contribution in [3.8, 4) is 17.0 Å². The van der Waals surface area contributed by atoms with Crippen LogP contribution in [-0.4, -0.2) is 32.7 Å².